The van der Waals surface area contributed by atoms with Crippen LogP contribution in [0.15, 0.2) is 11.0 Å². The Labute approximate surface area is 124 Å². The Morgan fingerprint density at radius 3 is 2.65 bits per heavy atom. The molecule has 1 aromatic rings. The molecule has 1 aromatic heterocycles. The molecule has 20 heavy (non-hydrogen) atoms. The second-order valence-corrected chi connectivity index (χ2v) is 6.07. The molecule has 112 valence electrons. The number of nitrogens with zero attached hydrogens (tertiary/aromatic N) is 3. The molecule has 5 nitrogen and oxygen atoms in total. The van der Waals surface area contributed by atoms with Gasteiger partial charge in [-0.2, -0.15) is 5.10 Å². The van der Waals surface area contributed by atoms with Gasteiger partial charge in [-0.05, 0) is 45.6 Å². The zero-order valence-corrected chi connectivity index (χ0v) is 12.9. The Morgan fingerprint density at radius 2 is 2.10 bits per heavy atom. The number of rotatable bonds is 4. The minimum Gasteiger partial charge on any atom is -0.369 e. The van der Waals surface area contributed by atoms with Crippen LogP contribution in [0.5, 0.6) is 0 Å². The van der Waals surface area contributed by atoms with Crippen molar-refractivity contribution in [3.8, 4) is 0 Å². The molecule has 0 spiro atoms. The second-order valence-electron chi connectivity index (χ2n) is 5.70. The zero-order chi connectivity index (χ0) is 14.7. The van der Waals surface area contributed by atoms with Gasteiger partial charge in [0.05, 0.1) is 17.9 Å². The van der Waals surface area contributed by atoms with Crippen LogP contribution in [0.2, 0.25) is 5.02 Å². The second kappa shape index (κ2) is 6.59. The van der Waals surface area contributed by atoms with Crippen molar-refractivity contribution in [1.82, 2.24) is 9.78 Å². The fourth-order valence-corrected chi connectivity index (χ4v) is 2.98. The third-order valence-corrected chi connectivity index (χ3v) is 4.30. The van der Waals surface area contributed by atoms with Gasteiger partial charge >= 0.3 is 0 Å². The third kappa shape index (κ3) is 3.15. The van der Waals surface area contributed by atoms with Crippen LogP contribution < -0.4 is 16.2 Å². The van der Waals surface area contributed by atoms with E-state index in [1.807, 2.05) is 13.8 Å². The quantitative estimate of drug-likeness (QED) is 0.924. The number of piperidine rings is 1. The summed E-state index contributed by atoms with van der Waals surface area (Å²) in [5.41, 5.74) is 6.16. The Bertz CT molecular complexity index is 506. The molecule has 6 heteroatoms. The molecule has 2 rings (SSSR count). The average molecular weight is 299 g/mol. The Balaban J connectivity index is 2.15. The Morgan fingerprint density at radius 1 is 1.45 bits per heavy atom. The molecule has 0 amide bonds. The number of aromatic nitrogens is 2. The van der Waals surface area contributed by atoms with E-state index in [1.165, 1.54) is 4.68 Å². The highest BCUT2D eigenvalue weighted by Crippen LogP contribution is 2.28. The van der Waals surface area contributed by atoms with Crippen LogP contribution >= 0.6 is 11.6 Å². The van der Waals surface area contributed by atoms with Crippen LogP contribution in [-0.4, -0.2) is 29.4 Å². The van der Waals surface area contributed by atoms with E-state index >= 15 is 0 Å². The van der Waals surface area contributed by atoms with Gasteiger partial charge in [0.15, 0.2) is 0 Å². The summed E-state index contributed by atoms with van der Waals surface area (Å²) in [7, 11) is 0. The Kier molecular flexibility index (Phi) is 5.05. The predicted octanol–water partition coefficient (Wildman–Crippen LogP) is 2.04. The number of nitrogens with two attached hydrogens (primary N) is 1. The van der Waals surface area contributed by atoms with Crippen molar-refractivity contribution in [2.24, 2.45) is 11.7 Å². The normalized spacial score (nSPS) is 16.9. The molecule has 0 saturated carbocycles. The lowest BCUT2D eigenvalue weighted by atomic mass is 9.93. The van der Waals surface area contributed by atoms with Crippen LogP contribution in [-0.2, 0) is 0 Å². The van der Waals surface area contributed by atoms with E-state index < -0.39 is 0 Å². The van der Waals surface area contributed by atoms with Gasteiger partial charge in [0, 0.05) is 13.1 Å². The molecule has 2 heterocycles. The van der Waals surface area contributed by atoms with Gasteiger partial charge < -0.3 is 10.6 Å². The minimum atomic E-state index is -0.205. The summed E-state index contributed by atoms with van der Waals surface area (Å²) in [5.74, 6) is 0.694. The molecule has 0 bridgehead atoms. The average Bonchev–Trinajstić information content (AvgIpc) is 2.43. The van der Waals surface area contributed by atoms with E-state index in [0.29, 0.717) is 5.92 Å². The Hall–Kier alpha value is -1.07. The van der Waals surface area contributed by atoms with Crippen molar-refractivity contribution in [3.05, 3.63) is 21.6 Å². The summed E-state index contributed by atoms with van der Waals surface area (Å²) < 4.78 is 1.42. The van der Waals surface area contributed by atoms with Crippen molar-refractivity contribution in [1.29, 1.82) is 0 Å². The molecular formula is C14H23ClN4O. The number of halogens is 1. The van der Waals surface area contributed by atoms with Gasteiger partial charge in [-0.1, -0.05) is 11.6 Å². The first-order valence-corrected chi connectivity index (χ1v) is 7.64. The van der Waals surface area contributed by atoms with Gasteiger partial charge in [0.2, 0.25) is 0 Å². The number of anilines is 1. The molecule has 0 atom stereocenters. The fourth-order valence-electron chi connectivity index (χ4n) is 2.72. The molecule has 1 saturated heterocycles. The summed E-state index contributed by atoms with van der Waals surface area (Å²) in [5, 5.41) is 4.51. The van der Waals surface area contributed by atoms with Gasteiger partial charge in [0.1, 0.15) is 5.02 Å². The van der Waals surface area contributed by atoms with Gasteiger partial charge in [0.25, 0.3) is 5.56 Å². The van der Waals surface area contributed by atoms with Gasteiger partial charge in [-0.3, -0.25) is 4.79 Å². The highest BCUT2D eigenvalue weighted by atomic mass is 35.5. The molecule has 0 unspecified atom stereocenters. The van der Waals surface area contributed by atoms with E-state index in [4.69, 9.17) is 17.3 Å². The van der Waals surface area contributed by atoms with E-state index in [9.17, 15) is 4.79 Å². The summed E-state index contributed by atoms with van der Waals surface area (Å²) in [6.07, 6.45) is 4.99. The van der Waals surface area contributed by atoms with Crippen LogP contribution in [0, 0.1) is 5.92 Å². The summed E-state index contributed by atoms with van der Waals surface area (Å²) in [6, 6.07) is 0.0179. The third-order valence-electron chi connectivity index (χ3n) is 3.94. The lowest BCUT2D eigenvalue weighted by Gasteiger charge is -2.33. The van der Waals surface area contributed by atoms with Crippen LogP contribution in [0.3, 0.4) is 0 Å². The molecule has 2 N–H and O–H groups in total. The molecule has 0 radical (unpaired) electrons. The van der Waals surface area contributed by atoms with Crippen LogP contribution in [0.1, 0.15) is 39.2 Å². The molecule has 1 aliphatic heterocycles. The molecule has 0 aromatic carbocycles. The van der Waals surface area contributed by atoms with Crippen molar-refractivity contribution in [2.45, 2.75) is 39.2 Å². The maximum absolute atomic E-state index is 12.2. The minimum absolute atomic E-state index is 0.0179. The first kappa shape index (κ1) is 15.3. The van der Waals surface area contributed by atoms with E-state index in [1.54, 1.807) is 6.20 Å². The van der Waals surface area contributed by atoms with E-state index in [0.717, 1.165) is 44.6 Å². The summed E-state index contributed by atoms with van der Waals surface area (Å²) in [6.45, 7) is 6.41. The maximum atomic E-state index is 12.2. The van der Waals surface area contributed by atoms with Gasteiger partial charge in [-0.25, -0.2) is 4.68 Å². The van der Waals surface area contributed by atoms with Crippen LogP contribution in [0.25, 0.3) is 0 Å². The SMILES string of the molecule is CC(C)n1ncc(N2CCC(CCN)CC2)c(Cl)c1=O. The monoisotopic (exact) mass is 298 g/mol. The van der Waals surface area contributed by atoms with Crippen molar-refractivity contribution >= 4 is 17.3 Å². The predicted molar refractivity (Wildman–Crippen MR) is 82.5 cm³/mol. The first-order chi connectivity index (χ1) is 9.54. The number of hydrogen-bond acceptors (Lipinski definition) is 4. The fraction of sp³-hybridized carbons (Fsp3) is 0.714. The molecule has 1 aliphatic rings. The highest BCUT2D eigenvalue weighted by Gasteiger charge is 2.22. The van der Waals surface area contributed by atoms with Gasteiger partial charge in [-0.15, -0.1) is 0 Å². The van der Waals surface area contributed by atoms with Crippen LogP contribution in [0.4, 0.5) is 5.69 Å². The summed E-state index contributed by atoms with van der Waals surface area (Å²) >= 11 is 6.24. The standard InChI is InChI=1S/C14H23ClN4O/c1-10(2)19-14(20)13(15)12(9-17-19)18-7-4-11(3-6-16)5-8-18/h9-11H,3-8,16H2,1-2H3. The smallest absolute Gasteiger partial charge is 0.287 e. The zero-order valence-electron chi connectivity index (χ0n) is 12.2. The van der Waals surface area contributed by atoms with Crippen molar-refractivity contribution < 1.29 is 0 Å². The number of hydrogen-bond donors (Lipinski definition) is 1. The van der Waals surface area contributed by atoms with E-state index in [-0.39, 0.29) is 16.6 Å². The largest absolute Gasteiger partial charge is 0.369 e. The highest BCUT2D eigenvalue weighted by molar-refractivity contribution is 6.33. The summed E-state index contributed by atoms with van der Waals surface area (Å²) in [4.78, 5) is 14.3. The first-order valence-electron chi connectivity index (χ1n) is 7.27. The van der Waals surface area contributed by atoms with E-state index in [2.05, 4.69) is 10.00 Å². The lowest BCUT2D eigenvalue weighted by Crippen LogP contribution is -2.36. The molecule has 1 fully saturated rings. The maximum Gasteiger partial charge on any atom is 0.287 e. The topological polar surface area (TPSA) is 64.2 Å². The molecule has 0 aliphatic carbocycles. The lowest BCUT2D eigenvalue weighted by molar-refractivity contribution is 0.385. The van der Waals surface area contributed by atoms with Crippen molar-refractivity contribution in [2.75, 3.05) is 24.5 Å². The molecular weight excluding hydrogens is 276 g/mol. The van der Waals surface area contributed by atoms with Crippen molar-refractivity contribution in [3.63, 3.8) is 0 Å².